The first-order valence-electron chi connectivity index (χ1n) is 11.8. The summed E-state index contributed by atoms with van der Waals surface area (Å²) in [6.07, 6.45) is 3.99. The van der Waals surface area contributed by atoms with Crippen LogP contribution in [0.3, 0.4) is 0 Å². The number of anilines is 1. The molecule has 0 bridgehead atoms. The Bertz CT molecular complexity index is 874. The number of hydrogen-bond donors (Lipinski definition) is 2. The molecule has 6 heteroatoms. The molecule has 2 aliphatic rings. The maximum atomic E-state index is 12.8. The maximum Gasteiger partial charge on any atom is 0.317 e. The quantitative estimate of drug-likeness (QED) is 0.723. The molecule has 2 heterocycles. The van der Waals surface area contributed by atoms with E-state index < -0.39 is 0 Å². The van der Waals surface area contributed by atoms with Crippen LogP contribution in [0.2, 0.25) is 0 Å². The number of carbonyl (C=O) groups excluding carboxylic acids is 2. The highest BCUT2D eigenvalue weighted by Crippen LogP contribution is 2.20. The first-order valence-corrected chi connectivity index (χ1v) is 11.8. The van der Waals surface area contributed by atoms with Crippen LogP contribution in [0.4, 0.5) is 10.5 Å². The number of amides is 3. The number of hydrogen-bond acceptors (Lipinski definition) is 3. The van der Waals surface area contributed by atoms with E-state index in [1.807, 2.05) is 35.2 Å². The molecular weight excluding hydrogens is 400 g/mol. The number of urea groups is 1. The van der Waals surface area contributed by atoms with Gasteiger partial charge in [0, 0.05) is 38.4 Å². The van der Waals surface area contributed by atoms with Crippen LogP contribution in [0.15, 0.2) is 60.7 Å². The lowest BCUT2D eigenvalue weighted by atomic mass is 9.96. The number of nitrogens with one attached hydrogen (secondary N) is 2. The lowest BCUT2D eigenvalue weighted by Gasteiger charge is -2.35. The van der Waals surface area contributed by atoms with Gasteiger partial charge in [-0.2, -0.15) is 0 Å². The fourth-order valence-corrected chi connectivity index (χ4v) is 4.79. The molecule has 2 aromatic carbocycles. The van der Waals surface area contributed by atoms with Crippen molar-refractivity contribution in [2.45, 2.75) is 32.2 Å². The lowest BCUT2D eigenvalue weighted by Crippen LogP contribution is -2.49. The first-order chi connectivity index (χ1) is 15.7. The van der Waals surface area contributed by atoms with Crippen molar-refractivity contribution >= 4 is 17.6 Å². The molecule has 4 rings (SSSR count). The Morgan fingerprint density at radius 3 is 2.38 bits per heavy atom. The highest BCUT2D eigenvalue weighted by Gasteiger charge is 2.29. The van der Waals surface area contributed by atoms with Crippen molar-refractivity contribution in [1.29, 1.82) is 0 Å². The average Bonchev–Trinajstić information content (AvgIpc) is 2.84. The van der Waals surface area contributed by atoms with Crippen molar-refractivity contribution in [2.75, 3.05) is 38.0 Å². The lowest BCUT2D eigenvalue weighted by molar-refractivity contribution is -0.121. The number of rotatable bonds is 6. The van der Waals surface area contributed by atoms with Gasteiger partial charge in [-0.15, -0.1) is 0 Å². The van der Waals surface area contributed by atoms with Crippen LogP contribution in [0, 0.1) is 11.8 Å². The van der Waals surface area contributed by atoms with E-state index in [0.29, 0.717) is 25.6 Å². The molecule has 3 amide bonds. The number of carbonyl (C=O) groups is 2. The predicted octanol–water partition coefficient (Wildman–Crippen LogP) is 3.96. The second kappa shape index (κ2) is 11.1. The summed E-state index contributed by atoms with van der Waals surface area (Å²) in [5.41, 5.74) is 2.14. The van der Waals surface area contributed by atoms with Crippen LogP contribution in [-0.2, 0) is 11.3 Å². The minimum absolute atomic E-state index is 0.00228. The van der Waals surface area contributed by atoms with Crippen LogP contribution in [0.25, 0.3) is 0 Å². The van der Waals surface area contributed by atoms with Gasteiger partial charge < -0.3 is 15.5 Å². The number of para-hydroxylation sites is 1. The third kappa shape index (κ3) is 6.33. The number of piperidine rings is 2. The maximum absolute atomic E-state index is 12.8. The second-order valence-corrected chi connectivity index (χ2v) is 9.06. The van der Waals surface area contributed by atoms with Crippen molar-refractivity contribution in [2.24, 2.45) is 11.8 Å². The van der Waals surface area contributed by atoms with Crippen LogP contribution < -0.4 is 10.6 Å². The highest BCUT2D eigenvalue weighted by molar-refractivity contribution is 5.93. The molecule has 2 aliphatic heterocycles. The van der Waals surface area contributed by atoms with E-state index in [0.717, 1.165) is 44.6 Å². The van der Waals surface area contributed by atoms with Crippen LogP contribution in [0.5, 0.6) is 0 Å². The summed E-state index contributed by atoms with van der Waals surface area (Å²) < 4.78 is 0. The molecule has 0 saturated carbocycles. The van der Waals surface area contributed by atoms with Gasteiger partial charge in [0.05, 0.1) is 5.92 Å². The van der Waals surface area contributed by atoms with Gasteiger partial charge in [-0.25, -0.2) is 4.79 Å². The molecule has 32 heavy (non-hydrogen) atoms. The third-order valence-electron chi connectivity index (χ3n) is 6.51. The van der Waals surface area contributed by atoms with Crippen LogP contribution >= 0.6 is 0 Å². The molecule has 2 atom stereocenters. The summed E-state index contributed by atoms with van der Waals surface area (Å²) in [4.78, 5) is 29.8. The van der Waals surface area contributed by atoms with E-state index in [-0.39, 0.29) is 17.9 Å². The van der Waals surface area contributed by atoms with Gasteiger partial charge in [0.15, 0.2) is 0 Å². The summed E-state index contributed by atoms with van der Waals surface area (Å²) >= 11 is 0. The molecule has 2 unspecified atom stereocenters. The summed E-state index contributed by atoms with van der Waals surface area (Å²) in [7, 11) is 0. The van der Waals surface area contributed by atoms with E-state index in [1.54, 1.807) is 0 Å². The molecule has 2 aromatic rings. The predicted molar refractivity (Wildman–Crippen MR) is 127 cm³/mol. The zero-order valence-electron chi connectivity index (χ0n) is 18.7. The molecule has 2 N–H and O–H groups in total. The van der Waals surface area contributed by atoms with E-state index >= 15 is 0 Å². The second-order valence-electron chi connectivity index (χ2n) is 9.06. The number of benzene rings is 2. The molecule has 170 valence electrons. The van der Waals surface area contributed by atoms with Gasteiger partial charge >= 0.3 is 6.03 Å². The molecule has 0 radical (unpaired) electrons. The number of likely N-dealkylation sites (tertiary alicyclic amines) is 2. The van der Waals surface area contributed by atoms with Gasteiger partial charge in [0.1, 0.15) is 0 Å². The minimum atomic E-state index is -0.161. The number of nitrogens with zero attached hydrogens (tertiary/aromatic N) is 2. The van der Waals surface area contributed by atoms with Gasteiger partial charge in [0.25, 0.3) is 0 Å². The Morgan fingerprint density at radius 1 is 0.875 bits per heavy atom. The van der Waals surface area contributed by atoms with Gasteiger partial charge in [-0.1, -0.05) is 48.5 Å². The Balaban J connectivity index is 1.22. The van der Waals surface area contributed by atoms with E-state index in [1.165, 1.54) is 12.0 Å². The van der Waals surface area contributed by atoms with Crippen LogP contribution in [0.1, 0.15) is 31.2 Å². The Kier molecular flexibility index (Phi) is 7.77. The van der Waals surface area contributed by atoms with Gasteiger partial charge in [0.2, 0.25) is 5.91 Å². The fraction of sp³-hybridized carbons (Fsp3) is 0.462. The monoisotopic (exact) mass is 434 g/mol. The Morgan fingerprint density at radius 2 is 1.59 bits per heavy atom. The minimum Gasteiger partial charge on any atom is -0.338 e. The van der Waals surface area contributed by atoms with E-state index in [4.69, 9.17) is 0 Å². The largest absolute Gasteiger partial charge is 0.338 e. The first kappa shape index (κ1) is 22.3. The molecule has 6 nitrogen and oxygen atoms in total. The van der Waals surface area contributed by atoms with E-state index in [2.05, 4.69) is 45.9 Å². The zero-order chi connectivity index (χ0) is 22.2. The molecule has 0 aliphatic carbocycles. The zero-order valence-corrected chi connectivity index (χ0v) is 18.7. The SMILES string of the molecule is O=C(Nc1ccccc1)C1CCCN(C(=O)NCC2CCCN(Cc3ccccc3)C2)C1. The molecule has 2 fully saturated rings. The molecular formula is C26H34N4O2. The fourth-order valence-electron chi connectivity index (χ4n) is 4.79. The molecule has 2 saturated heterocycles. The standard InChI is InChI=1S/C26H34N4O2/c31-25(28-24-13-5-2-6-14-24)23-12-8-16-30(20-23)26(32)27-17-22-11-7-15-29(19-22)18-21-9-3-1-4-10-21/h1-6,9-10,13-14,22-23H,7-8,11-12,15-20H2,(H,27,32)(H,28,31). The summed E-state index contributed by atoms with van der Waals surface area (Å²) in [6.45, 7) is 4.99. The topological polar surface area (TPSA) is 64.7 Å². The van der Waals surface area contributed by atoms with Crippen molar-refractivity contribution in [3.05, 3.63) is 66.2 Å². The summed E-state index contributed by atoms with van der Waals surface area (Å²) in [5.74, 6) is 0.307. The van der Waals surface area contributed by atoms with Crippen molar-refractivity contribution in [3.8, 4) is 0 Å². The third-order valence-corrected chi connectivity index (χ3v) is 6.51. The van der Waals surface area contributed by atoms with Gasteiger partial charge in [-0.05, 0) is 55.8 Å². The summed E-state index contributed by atoms with van der Waals surface area (Å²) in [5, 5.41) is 6.12. The highest BCUT2D eigenvalue weighted by atomic mass is 16.2. The van der Waals surface area contributed by atoms with Crippen LogP contribution in [-0.4, -0.2) is 54.5 Å². The molecule has 0 spiro atoms. The average molecular weight is 435 g/mol. The van der Waals surface area contributed by atoms with Crippen molar-refractivity contribution < 1.29 is 9.59 Å². The normalized spacial score (nSPS) is 21.7. The van der Waals surface area contributed by atoms with Crippen molar-refractivity contribution in [1.82, 2.24) is 15.1 Å². The molecule has 0 aromatic heterocycles. The Labute approximate surface area is 191 Å². The Hall–Kier alpha value is -2.86. The summed E-state index contributed by atoms with van der Waals surface area (Å²) in [6, 6.07) is 20.0. The van der Waals surface area contributed by atoms with Crippen molar-refractivity contribution in [3.63, 3.8) is 0 Å². The smallest absolute Gasteiger partial charge is 0.317 e. The van der Waals surface area contributed by atoms with E-state index in [9.17, 15) is 9.59 Å². The van der Waals surface area contributed by atoms with Gasteiger partial charge in [-0.3, -0.25) is 9.69 Å².